The summed E-state index contributed by atoms with van der Waals surface area (Å²) in [6.07, 6.45) is -0.570. The van der Waals surface area contributed by atoms with Crippen LogP contribution in [0.1, 0.15) is 5.56 Å². The molecule has 2 nitrogen and oxygen atoms in total. The van der Waals surface area contributed by atoms with E-state index in [-0.39, 0.29) is 6.54 Å². The molecule has 0 fully saturated rings. The highest BCUT2D eigenvalue weighted by atomic mass is 19.3. The van der Waals surface area contributed by atoms with Crippen LogP contribution in [0.3, 0.4) is 0 Å². The van der Waals surface area contributed by atoms with E-state index in [0.717, 1.165) is 16.5 Å². The molecular weight excluding hydrogens is 210 g/mol. The van der Waals surface area contributed by atoms with Gasteiger partial charge in [-0.25, -0.2) is 8.78 Å². The van der Waals surface area contributed by atoms with Crippen molar-refractivity contribution in [3.8, 4) is 0 Å². The molecule has 1 aromatic carbocycles. The van der Waals surface area contributed by atoms with Crippen molar-refractivity contribution in [3.63, 3.8) is 0 Å². The first-order chi connectivity index (χ1) is 7.75. The normalized spacial score (nSPS) is 11.2. The first-order valence-corrected chi connectivity index (χ1v) is 5.08. The van der Waals surface area contributed by atoms with Crippen molar-refractivity contribution < 1.29 is 8.78 Å². The summed E-state index contributed by atoms with van der Waals surface area (Å²) >= 11 is 0. The predicted molar refractivity (Wildman–Crippen MR) is 59.5 cm³/mol. The average molecular weight is 222 g/mol. The zero-order valence-corrected chi connectivity index (χ0v) is 8.66. The number of fused-ring (bicyclic) bond motifs is 1. The zero-order chi connectivity index (χ0) is 11.4. The van der Waals surface area contributed by atoms with Crippen molar-refractivity contribution in [2.45, 2.75) is 13.0 Å². The zero-order valence-electron chi connectivity index (χ0n) is 8.66. The highest BCUT2D eigenvalue weighted by Crippen LogP contribution is 2.13. The molecule has 0 spiro atoms. The number of rotatable bonds is 4. The molecule has 0 aliphatic carbocycles. The van der Waals surface area contributed by atoms with Crippen LogP contribution in [0.5, 0.6) is 0 Å². The lowest BCUT2D eigenvalue weighted by molar-refractivity contribution is 0.145. The maximum atomic E-state index is 11.9. The Morgan fingerprint density at radius 2 is 2.12 bits per heavy atom. The lowest BCUT2D eigenvalue weighted by atomic mass is 10.1. The Hall–Kier alpha value is -1.55. The van der Waals surface area contributed by atoms with E-state index in [9.17, 15) is 8.78 Å². The van der Waals surface area contributed by atoms with Gasteiger partial charge in [0.2, 0.25) is 0 Å². The van der Waals surface area contributed by atoms with Gasteiger partial charge >= 0.3 is 0 Å². The summed E-state index contributed by atoms with van der Waals surface area (Å²) in [7, 11) is 0. The lowest BCUT2D eigenvalue weighted by Crippen LogP contribution is -2.20. The van der Waals surface area contributed by atoms with Gasteiger partial charge in [-0.2, -0.15) is 0 Å². The number of hydrogen-bond acceptors (Lipinski definition) is 2. The molecule has 1 N–H and O–H groups in total. The number of halogens is 2. The van der Waals surface area contributed by atoms with Gasteiger partial charge in [0.15, 0.2) is 0 Å². The number of nitrogens with one attached hydrogen (secondary N) is 1. The van der Waals surface area contributed by atoms with Crippen molar-refractivity contribution in [1.82, 2.24) is 10.3 Å². The predicted octanol–water partition coefficient (Wildman–Crippen LogP) is 2.59. The number of nitrogens with zero attached hydrogens (tertiary/aromatic N) is 1. The summed E-state index contributed by atoms with van der Waals surface area (Å²) in [6.45, 7) is 0.181. The summed E-state index contributed by atoms with van der Waals surface area (Å²) in [5.41, 5.74) is 1.90. The van der Waals surface area contributed by atoms with E-state index in [4.69, 9.17) is 0 Å². The van der Waals surface area contributed by atoms with E-state index in [2.05, 4.69) is 10.3 Å². The smallest absolute Gasteiger partial charge is 0.250 e. The summed E-state index contributed by atoms with van der Waals surface area (Å²) in [5.74, 6) is 0. The molecule has 0 radical (unpaired) electrons. The van der Waals surface area contributed by atoms with Crippen molar-refractivity contribution in [2.24, 2.45) is 0 Å². The van der Waals surface area contributed by atoms with Crippen LogP contribution in [0.25, 0.3) is 10.9 Å². The third kappa shape index (κ3) is 2.73. The second-order valence-corrected chi connectivity index (χ2v) is 3.55. The summed E-state index contributed by atoms with van der Waals surface area (Å²) < 4.78 is 23.8. The molecule has 0 bridgehead atoms. The summed E-state index contributed by atoms with van der Waals surface area (Å²) in [6, 6.07) is 9.57. The molecule has 0 saturated carbocycles. The molecule has 4 heteroatoms. The second-order valence-electron chi connectivity index (χ2n) is 3.55. The molecule has 0 amide bonds. The highest BCUT2D eigenvalue weighted by Gasteiger charge is 2.01. The second kappa shape index (κ2) is 4.99. The van der Waals surface area contributed by atoms with E-state index in [1.807, 2.05) is 30.3 Å². The maximum Gasteiger partial charge on any atom is 0.250 e. The van der Waals surface area contributed by atoms with Gasteiger partial charge in [-0.1, -0.05) is 12.1 Å². The van der Waals surface area contributed by atoms with Crippen LogP contribution in [0.2, 0.25) is 0 Å². The van der Waals surface area contributed by atoms with Crippen molar-refractivity contribution in [2.75, 3.05) is 6.54 Å². The molecule has 1 aromatic heterocycles. The van der Waals surface area contributed by atoms with Gasteiger partial charge in [-0.3, -0.25) is 4.98 Å². The van der Waals surface area contributed by atoms with Gasteiger partial charge in [0.05, 0.1) is 12.1 Å². The Balaban J connectivity index is 2.08. The van der Waals surface area contributed by atoms with E-state index < -0.39 is 6.43 Å². The Bertz CT molecular complexity index is 471. The van der Waals surface area contributed by atoms with Gasteiger partial charge in [-0.05, 0) is 23.8 Å². The molecule has 0 aliphatic rings. The van der Waals surface area contributed by atoms with Gasteiger partial charge < -0.3 is 5.32 Å². The van der Waals surface area contributed by atoms with Crippen molar-refractivity contribution >= 4 is 10.9 Å². The molecule has 1 heterocycles. The van der Waals surface area contributed by atoms with Crippen molar-refractivity contribution in [1.29, 1.82) is 0 Å². The van der Waals surface area contributed by atoms with E-state index >= 15 is 0 Å². The Labute approximate surface area is 92.3 Å². The number of benzene rings is 1. The standard InChI is InChI=1S/C12H12F2N2/c13-12(14)8-15-7-9-3-4-11-10(6-9)2-1-5-16-11/h1-6,12,15H,7-8H2. The van der Waals surface area contributed by atoms with Gasteiger partial charge in [0, 0.05) is 18.1 Å². The third-order valence-corrected chi connectivity index (χ3v) is 2.30. The molecule has 2 aromatic rings. The fourth-order valence-electron chi connectivity index (χ4n) is 1.56. The van der Waals surface area contributed by atoms with E-state index in [1.165, 1.54) is 0 Å². The van der Waals surface area contributed by atoms with E-state index in [0.29, 0.717) is 6.54 Å². The monoisotopic (exact) mass is 222 g/mol. The summed E-state index contributed by atoms with van der Waals surface area (Å²) in [5, 5.41) is 3.72. The first-order valence-electron chi connectivity index (χ1n) is 5.08. The first kappa shape index (κ1) is 11.0. The number of hydrogen-bond donors (Lipinski definition) is 1. The topological polar surface area (TPSA) is 24.9 Å². The molecule has 0 unspecified atom stereocenters. The third-order valence-electron chi connectivity index (χ3n) is 2.30. The highest BCUT2D eigenvalue weighted by molar-refractivity contribution is 5.78. The van der Waals surface area contributed by atoms with Crippen LogP contribution < -0.4 is 5.32 Å². The minimum Gasteiger partial charge on any atom is -0.307 e. The molecule has 2 rings (SSSR count). The molecular formula is C12H12F2N2. The molecule has 84 valence electrons. The maximum absolute atomic E-state index is 11.9. The SMILES string of the molecule is FC(F)CNCc1ccc2ncccc2c1. The van der Waals surface area contributed by atoms with Crippen LogP contribution >= 0.6 is 0 Å². The largest absolute Gasteiger partial charge is 0.307 e. The van der Waals surface area contributed by atoms with Crippen LogP contribution in [0.15, 0.2) is 36.5 Å². The minimum absolute atomic E-state index is 0.273. The fraction of sp³-hybridized carbons (Fsp3) is 0.250. The minimum atomic E-state index is -2.30. The van der Waals surface area contributed by atoms with Crippen LogP contribution in [-0.4, -0.2) is 18.0 Å². The molecule has 0 atom stereocenters. The van der Waals surface area contributed by atoms with Gasteiger partial charge in [0.25, 0.3) is 6.43 Å². The number of pyridine rings is 1. The van der Waals surface area contributed by atoms with Gasteiger partial charge in [-0.15, -0.1) is 0 Å². The molecule has 16 heavy (non-hydrogen) atoms. The van der Waals surface area contributed by atoms with Crippen LogP contribution in [-0.2, 0) is 6.54 Å². The summed E-state index contributed by atoms with van der Waals surface area (Å²) in [4.78, 5) is 4.19. The quantitative estimate of drug-likeness (QED) is 0.860. The van der Waals surface area contributed by atoms with Crippen LogP contribution in [0.4, 0.5) is 8.78 Å². The molecule has 0 aliphatic heterocycles. The number of alkyl halides is 2. The molecule has 0 saturated heterocycles. The Kier molecular flexibility index (Phi) is 3.41. The lowest BCUT2D eigenvalue weighted by Gasteiger charge is -2.05. The Morgan fingerprint density at radius 1 is 1.25 bits per heavy atom. The van der Waals surface area contributed by atoms with Crippen molar-refractivity contribution in [3.05, 3.63) is 42.1 Å². The van der Waals surface area contributed by atoms with Gasteiger partial charge in [0.1, 0.15) is 0 Å². The number of aromatic nitrogens is 1. The Morgan fingerprint density at radius 3 is 2.94 bits per heavy atom. The van der Waals surface area contributed by atoms with Crippen LogP contribution in [0, 0.1) is 0 Å². The van der Waals surface area contributed by atoms with E-state index in [1.54, 1.807) is 6.20 Å². The average Bonchev–Trinajstić information content (AvgIpc) is 2.28. The fourth-order valence-corrected chi connectivity index (χ4v) is 1.56.